The molecule has 5 nitrogen and oxygen atoms in total. The number of hydrogen-bond donors (Lipinski definition) is 2. The van der Waals surface area contributed by atoms with E-state index in [1.54, 1.807) is 24.3 Å². The van der Waals surface area contributed by atoms with Crippen LogP contribution >= 0.6 is 0 Å². The third-order valence-corrected chi connectivity index (χ3v) is 4.04. The summed E-state index contributed by atoms with van der Waals surface area (Å²) < 4.78 is 15.5. The van der Waals surface area contributed by atoms with Crippen LogP contribution in [0.2, 0.25) is 0 Å². The smallest absolute Gasteiger partial charge is 0.200 e. The second-order valence-corrected chi connectivity index (χ2v) is 5.38. The zero-order valence-corrected chi connectivity index (χ0v) is 14.0. The van der Waals surface area contributed by atoms with Gasteiger partial charge >= 0.3 is 0 Å². The van der Waals surface area contributed by atoms with Crippen molar-refractivity contribution in [1.29, 1.82) is 0 Å². The summed E-state index contributed by atoms with van der Waals surface area (Å²) >= 11 is 0. The second-order valence-electron chi connectivity index (χ2n) is 5.38. The average molecular weight is 318 g/mol. The van der Waals surface area contributed by atoms with Crippen LogP contribution in [0.3, 0.4) is 0 Å². The van der Waals surface area contributed by atoms with Crippen LogP contribution in [0.4, 0.5) is 0 Å². The molecule has 2 rings (SSSR count). The highest BCUT2D eigenvalue weighted by atomic mass is 16.5. The Morgan fingerprint density at radius 2 is 1.35 bits per heavy atom. The number of methoxy groups -OCH3 is 3. The number of aromatic hydroxyl groups is 2. The molecule has 0 amide bonds. The lowest BCUT2D eigenvalue weighted by atomic mass is 9.89. The van der Waals surface area contributed by atoms with E-state index < -0.39 is 0 Å². The summed E-state index contributed by atoms with van der Waals surface area (Å²) in [5, 5.41) is 20.1. The molecule has 0 aromatic heterocycles. The lowest BCUT2D eigenvalue weighted by Gasteiger charge is -2.19. The van der Waals surface area contributed by atoms with Crippen LogP contribution in [0.5, 0.6) is 28.7 Å². The summed E-state index contributed by atoms with van der Waals surface area (Å²) in [7, 11) is 4.51. The van der Waals surface area contributed by atoms with Crippen LogP contribution in [-0.4, -0.2) is 31.5 Å². The minimum Gasteiger partial charge on any atom is -0.504 e. The molecule has 23 heavy (non-hydrogen) atoms. The van der Waals surface area contributed by atoms with E-state index in [1.165, 1.54) is 21.3 Å². The molecule has 0 radical (unpaired) electrons. The Kier molecular flexibility index (Phi) is 4.89. The SMILES string of the molecule is COc1cc(C)c(C(C)c2cc(OC)c(O)c(OC)c2)cc1O. The minimum absolute atomic E-state index is 0.0275. The van der Waals surface area contributed by atoms with Crippen LogP contribution in [-0.2, 0) is 0 Å². The zero-order valence-electron chi connectivity index (χ0n) is 14.0. The van der Waals surface area contributed by atoms with Gasteiger partial charge in [0.25, 0.3) is 0 Å². The summed E-state index contributed by atoms with van der Waals surface area (Å²) in [5.41, 5.74) is 2.86. The summed E-state index contributed by atoms with van der Waals surface area (Å²) in [6.45, 7) is 3.97. The first-order valence-electron chi connectivity index (χ1n) is 7.25. The van der Waals surface area contributed by atoms with E-state index in [0.29, 0.717) is 17.2 Å². The van der Waals surface area contributed by atoms with E-state index in [-0.39, 0.29) is 17.4 Å². The first-order valence-corrected chi connectivity index (χ1v) is 7.25. The van der Waals surface area contributed by atoms with Crippen molar-refractivity contribution in [1.82, 2.24) is 0 Å². The third kappa shape index (κ3) is 3.13. The number of ether oxygens (including phenoxy) is 3. The molecule has 0 saturated carbocycles. The Labute approximate surface area is 136 Å². The normalized spacial score (nSPS) is 11.9. The number of hydrogen-bond acceptors (Lipinski definition) is 5. The van der Waals surface area contributed by atoms with Crippen molar-refractivity contribution in [3.8, 4) is 28.7 Å². The number of rotatable bonds is 5. The van der Waals surface area contributed by atoms with E-state index in [4.69, 9.17) is 14.2 Å². The minimum atomic E-state index is -0.0322. The van der Waals surface area contributed by atoms with Gasteiger partial charge < -0.3 is 24.4 Å². The summed E-state index contributed by atoms with van der Waals surface area (Å²) in [4.78, 5) is 0. The fourth-order valence-electron chi connectivity index (χ4n) is 2.66. The van der Waals surface area contributed by atoms with Gasteiger partial charge in [-0.2, -0.15) is 0 Å². The molecule has 0 heterocycles. The highest BCUT2D eigenvalue weighted by molar-refractivity contribution is 5.56. The Morgan fingerprint density at radius 3 is 1.83 bits per heavy atom. The third-order valence-electron chi connectivity index (χ3n) is 4.04. The van der Waals surface area contributed by atoms with Crippen molar-refractivity contribution in [2.75, 3.05) is 21.3 Å². The van der Waals surface area contributed by atoms with Crippen molar-refractivity contribution in [3.63, 3.8) is 0 Å². The average Bonchev–Trinajstić information content (AvgIpc) is 2.56. The molecule has 0 fully saturated rings. The van der Waals surface area contributed by atoms with Gasteiger partial charge in [0.2, 0.25) is 5.75 Å². The van der Waals surface area contributed by atoms with Crippen LogP contribution < -0.4 is 14.2 Å². The largest absolute Gasteiger partial charge is 0.504 e. The van der Waals surface area contributed by atoms with E-state index in [1.807, 2.05) is 13.8 Å². The van der Waals surface area contributed by atoms with E-state index in [9.17, 15) is 10.2 Å². The summed E-state index contributed by atoms with van der Waals surface area (Å²) in [5.74, 6) is 1.18. The predicted molar refractivity (Wildman–Crippen MR) is 88.1 cm³/mol. The quantitative estimate of drug-likeness (QED) is 0.882. The van der Waals surface area contributed by atoms with Gasteiger partial charge in [0.05, 0.1) is 21.3 Å². The topological polar surface area (TPSA) is 68.2 Å². The molecular weight excluding hydrogens is 296 g/mol. The molecule has 0 aliphatic carbocycles. The van der Waals surface area contributed by atoms with Crippen molar-refractivity contribution in [2.24, 2.45) is 0 Å². The van der Waals surface area contributed by atoms with Gasteiger partial charge in [0, 0.05) is 5.92 Å². The molecule has 0 aliphatic rings. The van der Waals surface area contributed by atoms with E-state index >= 15 is 0 Å². The molecule has 2 N–H and O–H groups in total. The van der Waals surface area contributed by atoms with Crippen molar-refractivity contribution < 1.29 is 24.4 Å². The molecule has 5 heteroatoms. The lowest BCUT2D eigenvalue weighted by molar-refractivity contribution is 0.339. The monoisotopic (exact) mass is 318 g/mol. The van der Waals surface area contributed by atoms with Gasteiger partial charge in [-0.15, -0.1) is 0 Å². The van der Waals surface area contributed by atoms with E-state index in [0.717, 1.165) is 16.7 Å². The molecule has 0 saturated heterocycles. The Bertz CT molecular complexity index is 684. The van der Waals surface area contributed by atoms with Crippen LogP contribution in [0, 0.1) is 6.92 Å². The van der Waals surface area contributed by atoms with Gasteiger partial charge in [-0.05, 0) is 47.9 Å². The fourth-order valence-corrected chi connectivity index (χ4v) is 2.66. The maximum atomic E-state index is 10.0. The van der Waals surface area contributed by atoms with Crippen molar-refractivity contribution >= 4 is 0 Å². The first kappa shape index (κ1) is 16.8. The maximum Gasteiger partial charge on any atom is 0.200 e. The van der Waals surface area contributed by atoms with Crippen molar-refractivity contribution in [2.45, 2.75) is 19.8 Å². The molecule has 0 bridgehead atoms. The molecule has 0 spiro atoms. The number of phenolic OH excluding ortho intramolecular Hbond substituents is 2. The Hall–Kier alpha value is -2.56. The van der Waals surface area contributed by atoms with Crippen LogP contribution in [0.15, 0.2) is 24.3 Å². The number of benzene rings is 2. The molecule has 2 aromatic carbocycles. The predicted octanol–water partition coefficient (Wildman–Crippen LogP) is 3.58. The molecule has 1 unspecified atom stereocenters. The van der Waals surface area contributed by atoms with Gasteiger partial charge in [-0.3, -0.25) is 0 Å². The van der Waals surface area contributed by atoms with Crippen LogP contribution in [0.1, 0.15) is 29.5 Å². The fraction of sp³-hybridized carbons (Fsp3) is 0.333. The Morgan fingerprint density at radius 1 is 0.826 bits per heavy atom. The van der Waals surface area contributed by atoms with Gasteiger partial charge in [-0.1, -0.05) is 6.92 Å². The summed E-state index contributed by atoms with van der Waals surface area (Å²) in [6.07, 6.45) is 0. The van der Waals surface area contributed by atoms with Crippen molar-refractivity contribution in [3.05, 3.63) is 41.0 Å². The molecular formula is C18H22O5. The van der Waals surface area contributed by atoms with Crippen LogP contribution in [0.25, 0.3) is 0 Å². The summed E-state index contributed by atoms with van der Waals surface area (Å²) in [6, 6.07) is 7.03. The van der Waals surface area contributed by atoms with Gasteiger partial charge in [0.1, 0.15) is 0 Å². The molecule has 1 atom stereocenters. The van der Waals surface area contributed by atoms with Gasteiger partial charge in [-0.25, -0.2) is 0 Å². The molecule has 124 valence electrons. The highest BCUT2D eigenvalue weighted by Gasteiger charge is 2.19. The Balaban J connectivity index is 2.52. The zero-order chi connectivity index (χ0) is 17.1. The molecule has 2 aromatic rings. The second kappa shape index (κ2) is 6.69. The molecule has 0 aliphatic heterocycles. The highest BCUT2D eigenvalue weighted by Crippen LogP contribution is 2.42. The number of aryl methyl sites for hydroxylation is 1. The first-order chi connectivity index (χ1) is 10.9. The van der Waals surface area contributed by atoms with E-state index in [2.05, 4.69) is 0 Å². The lowest BCUT2D eigenvalue weighted by Crippen LogP contribution is -2.01. The standard InChI is InChI=1S/C18H22O5/c1-10-6-15(21-3)14(19)9-13(10)11(2)12-7-16(22-4)18(20)17(8-12)23-5/h6-9,11,19-20H,1-5H3. The number of phenols is 2. The van der Waals surface area contributed by atoms with Gasteiger partial charge in [0.15, 0.2) is 23.0 Å². The maximum absolute atomic E-state index is 10.0.